The van der Waals surface area contributed by atoms with Gasteiger partial charge in [0.2, 0.25) is 0 Å². The van der Waals surface area contributed by atoms with Gasteiger partial charge in [-0.25, -0.2) is 9.67 Å². The fourth-order valence-corrected chi connectivity index (χ4v) is 3.16. The number of aryl methyl sites for hydroxylation is 1. The Hall–Kier alpha value is -2.51. The molecule has 1 atom stereocenters. The Balaban J connectivity index is 1.48. The van der Waals surface area contributed by atoms with E-state index in [9.17, 15) is 0 Å². The number of hydrogen-bond acceptors (Lipinski definition) is 5. The third kappa shape index (κ3) is 3.78. The van der Waals surface area contributed by atoms with Crippen molar-refractivity contribution in [1.82, 2.24) is 29.4 Å². The van der Waals surface area contributed by atoms with Crippen LogP contribution in [0.25, 0.3) is 0 Å². The quantitative estimate of drug-likeness (QED) is 0.708. The average Bonchev–Trinajstić information content (AvgIpc) is 3.25. The van der Waals surface area contributed by atoms with Crippen LogP contribution in [-0.2, 0) is 24.9 Å². The average molecular weight is 338 g/mol. The van der Waals surface area contributed by atoms with Gasteiger partial charge in [-0.15, -0.1) is 0 Å². The lowest BCUT2D eigenvalue weighted by Crippen LogP contribution is -2.39. The Morgan fingerprint density at radius 3 is 2.84 bits per heavy atom. The van der Waals surface area contributed by atoms with Gasteiger partial charge in [-0.1, -0.05) is 30.3 Å². The molecule has 130 valence electrons. The van der Waals surface area contributed by atoms with Crippen LogP contribution in [0, 0.1) is 0 Å². The lowest BCUT2D eigenvalue weighted by Gasteiger charge is -2.33. The predicted octanol–water partition coefficient (Wildman–Crippen LogP) is 1.63. The van der Waals surface area contributed by atoms with E-state index in [4.69, 9.17) is 4.74 Å². The molecule has 1 unspecified atom stereocenters. The molecule has 2 aromatic heterocycles. The minimum Gasteiger partial charge on any atom is -0.378 e. The summed E-state index contributed by atoms with van der Waals surface area (Å²) in [7, 11) is 1.94. The topological polar surface area (TPSA) is 61.0 Å². The molecule has 25 heavy (non-hydrogen) atoms. The van der Waals surface area contributed by atoms with E-state index in [0.29, 0.717) is 6.61 Å². The van der Waals surface area contributed by atoms with E-state index in [-0.39, 0.29) is 6.04 Å². The second-order valence-electron chi connectivity index (χ2n) is 6.37. The molecular weight excluding hydrogens is 316 g/mol. The van der Waals surface area contributed by atoms with Crippen LogP contribution in [0.1, 0.15) is 23.0 Å². The van der Waals surface area contributed by atoms with E-state index in [0.717, 1.165) is 32.1 Å². The summed E-state index contributed by atoms with van der Waals surface area (Å²) in [5.74, 6) is 0.819. The number of nitrogens with zero attached hydrogens (tertiary/aromatic N) is 6. The zero-order chi connectivity index (χ0) is 17.1. The summed E-state index contributed by atoms with van der Waals surface area (Å²) >= 11 is 0. The summed E-state index contributed by atoms with van der Waals surface area (Å²) in [5.41, 5.74) is 2.41. The standard InChI is InChI=1S/C18H22N6O/c1-22-10-16(9-20-22)11-23-7-8-25-13-17(23)18-19-14-24(21-18)12-15-5-3-2-4-6-15/h2-6,9-10,14,17H,7-8,11-13H2,1H3. The van der Waals surface area contributed by atoms with Crippen molar-refractivity contribution >= 4 is 0 Å². The third-order valence-corrected chi connectivity index (χ3v) is 4.42. The number of morpholine rings is 1. The first-order chi connectivity index (χ1) is 12.3. The van der Waals surface area contributed by atoms with Gasteiger partial charge in [-0.2, -0.15) is 10.2 Å². The molecule has 0 amide bonds. The molecular formula is C18H22N6O. The fourth-order valence-electron chi connectivity index (χ4n) is 3.16. The highest BCUT2D eigenvalue weighted by Gasteiger charge is 2.28. The molecule has 0 radical (unpaired) electrons. The molecule has 0 saturated carbocycles. The first kappa shape index (κ1) is 16.0. The summed E-state index contributed by atoms with van der Waals surface area (Å²) in [6.45, 7) is 3.78. The van der Waals surface area contributed by atoms with E-state index in [2.05, 4.69) is 32.2 Å². The second kappa shape index (κ2) is 7.16. The van der Waals surface area contributed by atoms with Crippen LogP contribution in [0.5, 0.6) is 0 Å². The first-order valence-electron chi connectivity index (χ1n) is 8.50. The second-order valence-corrected chi connectivity index (χ2v) is 6.37. The normalized spacial score (nSPS) is 18.5. The number of benzene rings is 1. The smallest absolute Gasteiger partial charge is 0.170 e. The van der Waals surface area contributed by atoms with Gasteiger partial charge in [0, 0.05) is 31.9 Å². The van der Waals surface area contributed by atoms with Crippen LogP contribution < -0.4 is 0 Å². The maximum atomic E-state index is 5.69. The van der Waals surface area contributed by atoms with Gasteiger partial charge in [0.1, 0.15) is 6.33 Å². The predicted molar refractivity (Wildman–Crippen MR) is 92.7 cm³/mol. The van der Waals surface area contributed by atoms with Gasteiger partial charge in [-0.3, -0.25) is 9.58 Å². The van der Waals surface area contributed by atoms with E-state index < -0.39 is 0 Å². The van der Waals surface area contributed by atoms with Crippen LogP contribution in [0.3, 0.4) is 0 Å². The molecule has 4 rings (SSSR count). The molecule has 1 aromatic carbocycles. The van der Waals surface area contributed by atoms with Gasteiger partial charge in [0.05, 0.1) is 32.0 Å². The maximum Gasteiger partial charge on any atom is 0.170 e. The minimum absolute atomic E-state index is 0.0750. The molecule has 3 aromatic rings. The molecule has 1 saturated heterocycles. The highest BCUT2D eigenvalue weighted by atomic mass is 16.5. The van der Waals surface area contributed by atoms with Gasteiger partial charge < -0.3 is 4.74 Å². The van der Waals surface area contributed by atoms with Gasteiger partial charge in [0.15, 0.2) is 5.82 Å². The van der Waals surface area contributed by atoms with Crippen LogP contribution in [-0.4, -0.2) is 49.2 Å². The van der Waals surface area contributed by atoms with Crippen molar-refractivity contribution < 1.29 is 4.74 Å². The number of rotatable bonds is 5. The van der Waals surface area contributed by atoms with Crippen molar-refractivity contribution in [3.8, 4) is 0 Å². The molecule has 1 aliphatic rings. The third-order valence-electron chi connectivity index (χ3n) is 4.42. The molecule has 0 spiro atoms. The molecule has 7 heteroatoms. The lowest BCUT2D eigenvalue weighted by atomic mass is 10.2. The van der Waals surface area contributed by atoms with Crippen LogP contribution >= 0.6 is 0 Å². The van der Waals surface area contributed by atoms with Gasteiger partial charge >= 0.3 is 0 Å². The van der Waals surface area contributed by atoms with Crippen molar-refractivity contribution in [2.75, 3.05) is 19.8 Å². The highest BCUT2D eigenvalue weighted by Crippen LogP contribution is 2.23. The molecule has 0 N–H and O–H groups in total. The Bertz CT molecular complexity index is 812. The van der Waals surface area contributed by atoms with Crippen molar-refractivity contribution in [2.45, 2.75) is 19.1 Å². The zero-order valence-electron chi connectivity index (χ0n) is 14.3. The number of aromatic nitrogens is 5. The van der Waals surface area contributed by atoms with Crippen molar-refractivity contribution in [3.63, 3.8) is 0 Å². The van der Waals surface area contributed by atoms with E-state index in [1.807, 2.05) is 47.0 Å². The van der Waals surface area contributed by atoms with Crippen LogP contribution in [0.2, 0.25) is 0 Å². The Morgan fingerprint density at radius 1 is 1.16 bits per heavy atom. The van der Waals surface area contributed by atoms with Gasteiger partial charge in [0.25, 0.3) is 0 Å². The van der Waals surface area contributed by atoms with E-state index in [1.54, 1.807) is 6.33 Å². The monoisotopic (exact) mass is 338 g/mol. The van der Waals surface area contributed by atoms with E-state index in [1.165, 1.54) is 11.1 Å². The fraction of sp³-hybridized carbons (Fsp3) is 0.389. The first-order valence-corrected chi connectivity index (χ1v) is 8.50. The Morgan fingerprint density at radius 2 is 2.04 bits per heavy atom. The molecule has 7 nitrogen and oxygen atoms in total. The Labute approximate surface area is 146 Å². The molecule has 1 aliphatic heterocycles. The summed E-state index contributed by atoms with van der Waals surface area (Å²) in [6, 6.07) is 10.4. The zero-order valence-corrected chi connectivity index (χ0v) is 14.3. The number of hydrogen-bond donors (Lipinski definition) is 0. The van der Waals surface area contributed by atoms with E-state index >= 15 is 0 Å². The summed E-state index contributed by atoms with van der Waals surface area (Å²) in [5, 5.41) is 8.94. The maximum absolute atomic E-state index is 5.69. The SMILES string of the molecule is Cn1cc(CN2CCOCC2c2ncn(Cc3ccccc3)n2)cn1. The molecule has 3 heterocycles. The van der Waals surface area contributed by atoms with Crippen molar-refractivity contribution in [2.24, 2.45) is 7.05 Å². The van der Waals surface area contributed by atoms with Gasteiger partial charge in [-0.05, 0) is 5.56 Å². The minimum atomic E-state index is 0.0750. The number of ether oxygens (including phenoxy) is 1. The molecule has 1 fully saturated rings. The highest BCUT2D eigenvalue weighted by molar-refractivity contribution is 5.14. The summed E-state index contributed by atoms with van der Waals surface area (Å²) in [4.78, 5) is 6.91. The van der Waals surface area contributed by atoms with Crippen LogP contribution in [0.15, 0.2) is 49.1 Å². The van der Waals surface area contributed by atoms with Crippen molar-refractivity contribution in [1.29, 1.82) is 0 Å². The lowest BCUT2D eigenvalue weighted by molar-refractivity contribution is -0.0159. The van der Waals surface area contributed by atoms with Crippen molar-refractivity contribution in [3.05, 3.63) is 66.0 Å². The summed E-state index contributed by atoms with van der Waals surface area (Å²) < 4.78 is 9.41. The molecule has 0 aliphatic carbocycles. The van der Waals surface area contributed by atoms with Crippen LogP contribution in [0.4, 0.5) is 0 Å². The Kier molecular flexibility index (Phi) is 4.58. The molecule has 0 bridgehead atoms. The largest absolute Gasteiger partial charge is 0.378 e. The summed E-state index contributed by atoms with van der Waals surface area (Å²) in [6.07, 6.45) is 5.76.